The van der Waals surface area contributed by atoms with E-state index in [1.807, 2.05) is 24.3 Å². The summed E-state index contributed by atoms with van der Waals surface area (Å²) in [4.78, 5) is 0. The van der Waals surface area contributed by atoms with E-state index < -0.39 is 0 Å². The van der Waals surface area contributed by atoms with Gasteiger partial charge in [0.2, 0.25) is 0 Å². The SMILES string of the molecule is CC(C)(C)c1ccc2c(c1)c(-c1ccc(N)cc1)cc1c2cc2ccc3cc4c5ccc(C(C)(C)C)cc5c(-c5ccc(N)cc5)cc4c4ccc1c2c34. The lowest BCUT2D eigenvalue weighted by atomic mass is 9.81. The third kappa shape index (κ3) is 4.86. The van der Waals surface area contributed by atoms with Crippen LogP contribution in [0.3, 0.4) is 0 Å². The fraction of sp³-hybridized carbons (Fsp3) is 0.154. The maximum Gasteiger partial charge on any atom is 0.0314 e. The zero-order valence-corrected chi connectivity index (χ0v) is 31.9. The van der Waals surface area contributed by atoms with E-state index in [0.717, 1.165) is 11.4 Å². The maximum atomic E-state index is 6.18. The van der Waals surface area contributed by atoms with Crippen molar-refractivity contribution in [1.82, 2.24) is 0 Å². The van der Waals surface area contributed by atoms with Gasteiger partial charge in [-0.1, -0.05) is 114 Å². The lowest BCUT2D eigenvalue weighted by Crippen LogP contribution is -2.10. The molecule has 0 spiro atoms. The summed E-state index contributed by atoms with van der Waals surface area (Å²) in [6, 6.07) is 50.0. The summed E-state index contributed by atoms with van der Waals surface area (Å²) in [5, 5.41) is 18.0. The molecule has 0 fully saturated rings. The highest BCUT2D eigenvalue weighted by molar-refractivity contribution is 6.36. The van der Waals surface area contributed by atoms with Crippen LogP contribution in [0.1, 0.15) is 52.7 Å². The van der Waals surface area contributed by atoms with Gasteiger partial charge < -0.3 is 11.5 Å². The van der Waals surface area contributed by atoms with Gasteiger partial charge in [-0.2, -0.15) is 0 Å². The minimum absolute atomic E-state index is 0.0334. The molecular weight excluding hydrogens is 653 g/mol. The second-order valence-electron chi connectivity index (χ2n) is 17.5. The van der Waals surface area contributed by atoms with Crippen LogP contribution in [0.5, 0.6) is 0 Å². The number of hydrogen-bond acceptors (Lipinski definition) is 2. The van der Waals surface area contributed by atoms with Crippen LogP contribution in [0.2, 0.25) is 0 Å². The van der Waals surface area contributed by atoms with E-state index in [4.69, 9.17) is 11.5 Å². The van der Waals surface area contributed by atoms with E-state index in [2.05, 4.69) is 151 Å². The summed E-state index contributed by atoms with van der Waals surface area (Å²) < 4.78 is 0. The van der Waals surface area contributed by atoms with Gasteiger partial charge in [-0.05, 0) is 180 Å². The third-order valence-electron chi connectivity index (χ3n) is 11.9. The Morgan fingerprint density at radius 3 is 1.04 bits per heavy atom. The molecule has 0 aliphatic carbocycles. The molecule has 4 N–H and O–H groups in total. The van der Waals surface area contributed by atoms with Gasteiger partial charge in [0, 0.05) is 11.4 Å². The van der Waals surface area contributed by atoms with Crippen LogP contribution < -0.4 is 11.5 Å². The summed E-state index contributed by atoms with van der Waals surface area (Å²) in [6.07, 6.45) is 0. The summed E-state index contributed by atoms with van der Waals surface area (Å²) >= 11 is 0. The fourth-order valence-corrected chi connectivity index (χ4v) is 8.94. The van der Waals surface area contributed by atoms with Crippen molar-refractivity contribution in [1.29, 1.82) is 0 Å². The molecular formula is C52H44N2. The van der Waals surface area contributed by atoms with Crippen molar-refractivity contribution in [3.05, 3.63) is 145 Å². The summed E-state index contributed by atoms with van der Waals surface area (Å²) in [6.45, 7) is 13.7. The molecule has 0 aliphatic heterocycles. The number of nitrogen functional groups attached to an aromatic ring is 2. The number of anilines is 2. The lowest BCUT2D eigenvalue weighted by molar-refractivity contribution is 0.591. The molecule has 0 saturated heterocycles. The highest BCUT2D eigenvalue weighted by atomic mass is 14.5. The van der Waals surface area contributed by atoms with E-state index in [1.165, 1.54) is 109 Å². The van der Waals surface area contributed by atoms with Crippen LogP contribution in [-0.2, 0) is 10.8 Å². The van der Waals surface area contributed by atoms with E-state index in [0.29, 0.717) is 0 Å². The summed E-state index contributed by atoms with van der Waals surface area (Å²) in [5.74, 6) is 0. The predicted molar refractivity (Wildman–Crippen MR) is 237 cm³/mol. The molecule has 0 atom stereocenters. The molecule has 0 aromatic heterocycles. The van der Waals surface area contributed by atoms with Crippen molar-refractivity contribution in [2.45, 2.75) is 52.4 Å². The van der Waals surface area contributed by atoms with Crippen LogP contribution >= 0.6 is 0 Å². The Morgan fingerprint density at radius 2 is 0.667 bits per heavy atom. The molecule has 0 radical (unpaired) electrons. The third-order valence-corrected chi connectivity index (χ3v) is 11.9. The molecule has 10 aromatic carbocycles. The molecule has 10 rings (SSSR count). The topological polar surface area (TPSA) is 52.0 Å². The van der Waals surface area contributed by atoms with Crippen molar-refractivity contribution in [3.8, 4) is 22.3 Å². The Kier molecular flexibility index (Phi) is 6.74. The normalized spacial score (nSPS) is 12.8. The Morgan fingerprint density at radius 1 is 0.315 bits per heavy atom. The minimum atomic E-state index is 0.0334. The van der Waals surface area contributed by atoms with Crippen molar-refractivity contribution >= 4 is 86.8 Å². The van der Waals surface area contributed by atoms with Crippen LogP contribution in [0.15, 0.2) is 133 Å². The molecule has 262 valence electrons. The zero-order chi connectivity index (χ0) is 37.3. The van der Waals surface area contributed by atoms with E-state index in [-0.39, 0.29) is 10.8 Å². The maximum absolute atomic E-state index is 6.18. The second kappa shape index (κ2) is 11.2. The highest BCUT2D eigenvalue weighted by Gasteiger charge is 2.22. The van der Waals surface area contributed by atoms with E-state index >= 15 is 0 Å². The summed E-state index contributed by atoms with van der Waals surface area (Å²) in [7, 11) is 0. The largest absolute Gasteiger partial charge is 0.399 e. The first-order valence-corrected chi connectivity index (χ1v) is 19.1. The van der Waals surface area contributed by atoms with Gasteiger partial charge in [-0.3, -0.25) is 0 Å². The van der Waals surface area contributed by atoms with Crippen molar-refractivity contribution in [2.75, 3.05) is 11.5 Å². The van der Waals surface area contributed by atoms with Gasteiger partial charge in [-0.15, -0.1) is 0 Å². The summed E-state index contributed by atoms with van der Waals surface area (Å²) in [5.41, 5.74) is 21.5. The average molecular weight is 697 g/mol. The quantitative estimate of drug-likeness (QED) is 0.107. The van der Waals surface area contributed by atoms with Gasteiger partial charge in [0.25, 0.3) is 0 Å². The second-order valence-corrected chi connectivity index (χ2v) is 17.5. The monoisotopic (exact) mass is 696 g/mol. The van der Waals surface area contributed by atoms with Gasteiger partial charge in [0.15, 0.2) is 0 Å². The Balaban J connectivity index is 1.33. The molecule has 0 bridgehead atoms. The van der Waals surface area contributed by atoms with Gasteiger partial charge in [-0.25, -0.2) is 0 Å². The molecule has 2 nitrogen and oxygen atoms in total. The fourth-order valence-electron chi connectivity index (χ4n) is 8.94. The number of nitrogens with two attached hydrogens (primary N) is 2. The van der Waals surface area contributed by atoms with Crippen molar-refractivity contribution < 1.29 is 0 Å². The molecule has 2 heteroatoms. The first-order valence-electron chi connectivity index (χ1n) is 19.1. The van der Waals surface area contributed by atoms with Gasteiger partial charge >= 0.3 is 0 Å². The first-order chi connectivity index (χ1) is 25.8. The Labute approximate surface area is 316 Å². The molecule has 54 heavy (non-hydrogen) atoms. The Bertz CT molecular complexity index is 2940. The van der Waals surface area contributed by atoms with Crippen LogP contribution in [0, 0.1) is 0 Å². The van der Waals surface area contributed by atoms with Crippen molar-refractivity contribution in [2.24, 2.45) is 0 Å². The molecule has 0 amide bonds. The number of fused-ring (bicyclic) bond motifs is 8. The molecule has 0 aliphatic rings. The lowest BCUT2D eigenvalue weighted by Gasteiger charge is -2.22. The first kappa shape index (κ1) is 32.5. The number of benzene rings is 10. The van der Waals surface area contributed by atoms with E-state index in [1.54, 1.807) is 0 Å². The highest BCUT2D eigenvalue weighted by Crippen LogP contribution is 2.47. The molecule has 0 unspecified atom stereocenters. The zero-order valence-electron chi connectivity index (χ0n) is 31.9. The standard InChI is InChI=1S/C52H44N2/c1-51(2,3)33-13-19-37-43-23-31-7-8-32-24-44-38-20-14-34(52(4,5)6)26-46(38)42(30-11-17-36(54)18-12-30)28-48(44)40-22-21-39(49(31)50(32)40)47(43)27-41(45(37)25-33)29-9-15-35(53)16-10-29/h7-28H,53-54H2,1-6H3. The predicted octanol–water partition coefficient (Wildman–Crippen LogP) is 14.3. The minimum Gasteiger partial charge on any atom is -0.399 e. The average Bonchev–Trinajstić information content (AvgIpc) is 3.15. The van der Waals surface area contributed by atoms with Crippen LogP contribution in [-0.4, -0.2) is 0 Å². The van der Waals surface area contributed by atoms with E-state index in [9.17, 15) is 0 Å². The van der Waals surface area contributed by atoms with Gasteiger partial charge in [0.1, 0.15) is 0 Å². The molecule has 0 heterocycles. The molecule has 0 saturated carbocycles. The van der Waals surface area contributed by atoms with Crippen molar-refractivity contribution in [3.63, 3.8) is 0 Å². The Hall–Kier alpha value is -6.12. The number of hydrogen-bond donors (Lipinski definition) is 2. The van der Waals surface area contributed by atoms with Crippen LogP contribution in [0.4, 0.5) is 11.4 Å². The molecule has 10 aromatic rings. The number of rotatable bonds is 2. The van der Waals surface area contributed by atoms with Gasteiger partial charge in [0.05, 0.1) is 0 Å². The smallest absolute Gasteiger partial charge is 0.0314 e. The van der Waals surface area contributed by atoms with Crippen LogP contribution in [0.25, 0.3) is 97.7 Å².